The zero-order valence-electron chi connectivity index (χ0n) is 9.97. The van der Waals surface area contributed by atoms with Gasteiger partial charge in [0.05, 0.1) is 7.11 Å². The second kappa shape index (κ2) is 7.92. The van der Waals surface area contributed by atoms with Gasteiger partial charge in [0.2, 0.25) is 0 Å². The fourth-order valence-electron chi connectivity index (χ4n) is 1.49. The van der Waals surface area contributed by atoms with E-state index in [4.69, 9.17) is 9.84 Å². The van der Waals surface area contributed by atoms with Gasteiger partial charge in [-0.25, -0.2) is 0 Å². The molecule has 0 radical (unpaired) electrons. The third-order valence-corrected chi connectivity index (χ3v) is 2.35. The van der Waals surface area contributed by atoms with Gasteiger partial charge in [0.1, 0.15) is 11.8 Å². The summed E-state index contributed by atoms with van der Waals surface area (Å²) in [6, 6.07) is 6.90. The van der Waals surface area contributed by atoms with Gasteiger partial charge in [-0.3, -0.25) is 4.79 Å². The Bertz CT molecular complexity index is 340. The van der Waals surface area contributed by atoms with Gasteiger partial charge in [0.15, 0.2) is 0 Å². The van der Waals surface area contributed by atoms with Crippen LogP contribution in [0.5, 0.6) is 5.75 Å². The van der Waals surface area contributed by atoms with Crippen LogP contribution in [0.3, 0.4) is 0 Å². The Morgan fingerprint density at radius 3 is 2.41 bits per heavy atom. The van der Waals surface area contributed by atoms with E-state index < -0.39 is 12.0 Å². The number of aliphatic carboxylic acids is 1. The van der Waals surface area contributed by atoms with Crippen molar-refractivity contribution in [3.63, 3.8) is 0 Å². The summed E-state index contributed by atoms with van der Waals surface area (Å²) in [4.78, 5) is 10.9. The van der Waals surface area contributed by atoms with Gasteiger partial charge in [0.25, 0.3) is 0 Å². The Labute approximate surface area is 107 Å². The average Bonchev–Trinajstić information content (AvgIpc) is 2.29. The number of nitrogens with one attached hydrogen (secondary N) is 1. The first-order valence-corrected chi connectivity index (χ1v) is 5.26. The molecule has 1 atom stereocenters. The molecule has 0 fully saturated rings. The van der Waals surface area contributed by atoms with E-state index in [0.717, 1.165) is 11.3 Å². The molecule has 0 saturated heterocycles. The lowest BCUT2D eigenvalue weighted by atomic mass is 10.1. The van der Waals surface area contributed by atoms with Crippen LogP contribution in [0, 0.1) is 0 Å². The van der Waals surface area contributed by atoms with E-state index in [1.54, 1.807) is 7.11 Å². The number of rotatable bonds is 6. The highest BCUT2D eigenvalue weighted by Crippen LogP contribution is 2.12. The third kappa shape index (κ3) is 5.06. The van der Waals surface area contributed by atoms with Crippen LogP contribution in [0.15, 0.2) is 24.3 Å². The number of likely N-dealkylation sites (N-methyl/N-ethyl adjacent to an activating group) is 1. The fourth-order valence-corrected chi connectivity index (χ4v) is 1.49. The Morgan fingerprint density at radius 1 is 1.41 bits per heavy atom. The largest absolute Gasteiger partial charge is 0.497 e. The molecule has 0 unspecified atom stereocenters. The molecule has 0 bridgehead atoms. The molecule has 0 heterocycles. The molecule has 1 rings (SSSR count). The topological polar surface area (TPSA) is 58.6 Å². The summed E-state index contributed by atoms with van der Waals surface area (Å²) in [5.41, 5.74) is 0.981. The average molecular weight is 260 g/mol. The predicted octanol–water partition coefficient (Wildman–Crippen LogP) is 1.72. The molecule has 0 aliphatic rings. The molecule has 0 aliphatic carbocycles. The zero-order valence-corrected chi connectivity index (χ0v) is 10.8. The molecular weight excluding hydrogens is 242 g/mol. The Hall–Kier alpha value is -1.26. The van der Waals surface area contributed by atoms with Crippen molar-refractivity contribution in [3.05, 3.63) is 29.8 Å². The number of carboxylic acids is 1. The molecule has 96 valence electrons. The normalized spacial score (nSPS) is 11.4. The van der Waals surface area contributed by atoms with Crippen molar-refractivity contribution >= 4 is 18.4 Å². The molecule has 1 aromatic carbocycles. The zero-order chi connectivity index (χ0) is 12.0. The van der Waals surface area contributed by atoms with E-state index in [9.17, 15) is 4.79 Å². The second-order valence-electron chi connectivity index (χ2n) is 3.50. The van der Waals surface area contributed by atoms with Gasteiger partial charge < -0.3 is 15.2 Å². The van der Waals surface area contributed by atoms with E-state index in [-0.39, 0.29) is 12.4 Å². The summed E-state index contributed by atoms with van der Waals surface area (Å²) >= 11 is 0. The van der Waals surface area contributed by atoms with Crippen molar-refractivity contribution in [1.29, 1.82) is 0 Å². The highest BCUT2D eigenvalue weighted by atomic mass is 35.5. The molecule has 17 heavy (non-hydrogen) atoms. The molecule has 0 saturated carbocycles. The quantitative estimate of drug-likeness (QED) is 0.817. The first-order chi connectivity index (χ1) is 7.67. The van der Waals surface area contributed by atoms with Crippen LogP contribution in [-0.4, -0.2) is 30.8 Å². The molecule has 5 heteroatoms. The van der Waals surface area contributed by atoms with Crippen LogP contribution in [0.2, 0.25) is 0 Å². The van der Waals surface area contributed by atoms with Crippen LogP contribution >= 0.6 is 12.4 Å². The lowest BCUT2D eigenvalue weighted by molar-refractivity contribution is -0.139. The highest BCUT2D eigenvalue weighted by Gasteiger charge is 2.15. The molecule has 0 aromatic heterocycles. The maximum atomic E-state index is 10.9. The molecule has 0 aliphatic heterocycles. The SMILES string of the molecule is CCN[C@@H](Cc1ccc(OC)cc1)C(=O)O.Cl. The molecule has 4 nitrogen and oxygen atoms in total. The maximum absolute atomic E-state index is 10.9. The molecule has 0 spiro atoms. The third-order valence-electron chi connectivity index (χ3n) is 2.35. The van der Waals surface area contributed by atoms with E-state index in [1.165, 1.54) is 0 Å². The van der Waals surface area contributed by atoms with Crippen LogP contribution in [0.1, 0.15) is 12.5 Å². The fraction of sp³-hybridized carbons (Fsp3) is 0.417. The number of benzene rings is 1. The lowest BCUT2D eigenvalue weighted by Crippen LogP contribution is -2.38. The van der Waals surface area contributed by atoms with E-state index in [2.05, 4.69) is 5.32 Å². The van der Waals surface area contributed by atoms with Crippen molar-refractivity contribution in [2.24, 2.45) is 0 Å². The first kappa shape index (κ1) is 15.7. The maximum Gasteiger partial charge on any atom is 0.321 e. The highest BCUT2D eigenvalue weighted by molar-refractivity contribution is 5.85. The minimum absolute atomic E-state index is 0. The summed E-state index contributed by atoms with van der Waals surface area (Å²) in [5, 5.41) is 11.9. The van der Waals surface area contributed by atoms with E-state index >= 15 is 0 Å². The van der Waals surface area contributed by atoms with Crippen LogP contribution in [-0.2, 0) is 11.2 Å². The Kier molecular flexibility index (Phi) is 7.34. The number of carboxylic acid groups (broad SMARTS) is 1. The summed E-state index contributed by atoms with van der Waals surface area (Å²) in [7, 11) is 1.60. The summed E-state index contributed by atoms with van der Waals surface area (Å²) in [6.07, 6.45) is 0.479. The van der Waals surface area contributed by atoms with Crippen LogP contribution < -0.4 is 10.1 Å². The Morgan fingerprint density at radius 2 is 2.00 bits per heavy atom. The van der Waals surface area contributed by atoms with Crippen LogP contribution in [0.4, 0.5) is 0 Å². The van der Waals surface area contributed by atoms with Gasteiger partial charge in [-0.1, -0.05) is 19.1 Å². The summed E-state index contributed by atoms with van der Waals surface area (Å²) in [5.74, 6) is -0.0447. The Balaban J connectivity index is 0.00000256. The van der Waals surface area contributed by atoms with E-state index in [0.29, 0.717) is 13.0 Å². The monoisotopic (exact) mass is 259 g/mol. The molecule has 2 N–H and O–H groups in total. The van der Waals surface area contributed by atoms with E-state index in [1.807, 2.05) is 31.2 Å². The van der Waals surface area contributed by atoms with Gasteiger partial charge in [-0.2, -0.15) is 0 Å². The predicted molar refractivity (Wildman–Crippen MR) is 69.0 cm³/mol. The number of halogens is 1. The number of hydrogen-bond acceptors (Lipinski definition) is 3. The standard InChI is InChI=1S/C12H17NO3.ClH/c1-3-13-11(12(14)15)8-9-4-6-10(16-2)7-5-9;/h4-7,11,13H,3,8H2,1-2H3,(H,14,15);1H/t11-;/m0./s1. The molecule has 0 amide bonds. The molecule has 1 aromatic rings. The smallest absolute Gasteiger partial charge is 0.321 e. The van der Waals surface area contributed by atoms with Crippen molar-refractivity contribution in [2.45, 2.75) is 19.4 Å². The van der Waals surface area contributed by atoms with Crippen LogP contribution in [0.25, 0.3) is 0 Å². The summed E-state index contributed by atoms with van der Waals surface area (Å²) in [6.45, 7) is 2.54. The second-order valence-corrected chi connectivity index (χ2v) is 3.50. The van der Waals surface area contributed by atoms with Crippen molar-refractivity contribution in [1.82, 2.24) is 5.32 Å². The summed E-state index contributed by atoms with van der Waals surface area (Å²) < 4.78 is 5.04. The van der Waals surface area contributed by atoms with Gasteiger partial charge in [-0.05, 0) is 30.7 Å². The minimum atomic E-state index is -0.822. The van der Waals surface area contributed by atoms with Crippen molar-refractivity contribution in [3.8, 4) is 5.75 Å². The van der Waals surface area contributed by atoms with Gasteiger partial charge in [0, 0.05) is 0 Å². The number of carbonyl (C=O) groups is 1. The van der Waals surface area contributed by atoms with Crippen molar-refractivity contribution < 1.29 is 14.6 Å². The van der Waals surface area contributed by atoms with Crippen molar-refractivity contribution in [2.75, 3.05) is 13.7 Å². The van der Waals surface area contributed by atoms with Gasteiger partial charge >= 0.3 is 5.97 Å². The number of ether oxygens (including phenoxy) is 1. The number of methoxy groups -OCH3 is 1. The number of hydrogen-bond donors (Lipinski definition) is 2. The first-order valence-electron chi connectivity index (χ1n) is 5.26. The van der Waals surface area contributed by atoms with Gasteiger partial charge in [-0.15, -0.1) is 12.4 Å². The molecular formula is C12H18ClNO3. The lowest BCUT2D eigenvalue weighted by Gasteiger charge is -2.13. The minimum Gasteiger partial charge on any atom is -0.497 e.